The molecular weight excluding hydrogens is 218 g/mol. The number of para-hydroxylation sites is 1. The van der Waals surface area contributed by atoms with Gasteiger partial charge in [0.2, 0.25) is 0 Å². The van der Waals surface area contributed by atoms with Gasteiger partial charge in [-0.25, -0.2) is 0 Å². The fraction of sp³-hybridized carbons (Fsp3) is 0. The van der Waals surface area contributed by atoms with Crippen LogP contribution in [-0.2, 0) is 0 Å². The van der Waals surface area contributed by atoms with E-state index in [1.807, 2.05) is 30.3 Å². The van der Waals surface area contributed by atoms with Gasteiger partial charge >= 0.3 is 0 Å². The number of nitro benzene ring substituents is 1. The van der Waals surface area contributed by atoms with E-state index in [0.29, 0.717) is 11.4 Å². The van der Waals surface area contributed by atoms with E-state index in [1.165, 1.54) is 6.07 Å². The zero-order chi connectivity index (χ0) is 12.3. The minimum Gasteiger partial charge on any atom is -0.399 e. The first kappa shape index (κ1) is 10.9. The van der Waals surface area contributed by atoms with Crippen LogP contribution in [0.25, 0.3) is 0 Å². The number of benzene rings is 2. The Balaban J connectivity index is 2.36. The molecule has 0 amide bonds. The fourth-order valence-corrected chi connectivity index (χ4v) is 1.48. The third kappa shape index (κ3) is 2.52. The molecule has 17 heavy (non-hydrogen) atoms. The van der Waals surface area contributed by atoms with Gasteiger partial charge in [0, 0.05) is 17.4 Å². The number of nitrogen functional groups attached to an aromatic ring is 1. The molecule has 86 valence electrons. The molecule has 0 heterocycles. The first-order chi connectivity index (χ1) is 8.16. The van der Waals surface area contributed by atoms with Crippen LogP contribution in [0.1, 0.15) is 0 Å². The molecule has 5 heteroatoms. The highest BCUT2D eigenvalue weighted by molar-refractivity contribution is 5.72. The smallest absolute Gasteiger partial charge is 0.294 e. The van der Waals surface area contributed by atoms with Crippen LogP contribution in [-0.4, -0.2) is 4.92 Å². The number of nitrogens with one attached hydrogen (secondary N) is 1. The molecule has 0 radical (unpaired) electrons. The van der Waals surface area contributed by atoms with E-state index < -0.39 is 4.92 Å². The molecule has 5 nitrogen and oxygen atoms in total. The number of anilines is 3. The van der Waals surface area contributed by atoms with E-state index in [4.69, 9.17) is 5.73 Å². The molecule has 2 aromatic carbocycles. The summed E-state index contributed by atoms with van der Waals surface area (Å²) in [4.78, 5) is 10.4. The lowest BCUT2D eigenvalue weighted by Gasteiger charge is -2.07. The largest absolute Gasteiger partial charge is 0.399 e. The first-order valence-corrected chi connectivity index (χ1v) is 5.03. The van der Waals surface area contributed by atoms with Crippen molar-refractivity contribution in [2.24, 2.45) is 0 Å². The second-order valence-electron chi connectivity index (χ2n) is 3.52. The van der Waals surface area contributed by atoms with E-state index in [9.17, 15) is 10.1 Å². The van der Waals surface area contributed by atoms with Crippen molar-refractivity contribution in [2.75, 3.05) is 11.1 Å². The number of hydrogen-bond donors (Lipinski definition) is 2. The Bertz CT molecular complexity index is 541. The van der Waals surface area contributed by atoms with Crippen molar-refractivity contribution < 1.29 is 4.92 Å². The molecule has 0 aromatic heterocycles. The summed E-state index contributed by atoms with van der Waals surface area (Å²) >= 11 is 0. The molecule has 3 N–H and O–H groups in total. The molecule has 0 aliphatic heterocycles. The third-order valence-corrected chi connectivity index (χ3v) is 2.27. The van der Waals surface area contributed by atoms with Gasteiger partial charge in [-0.3, -0.25) is 10.1 Å². The van der Waals surface area contributed by atoms with Crippen molar-refractivity contribution in [3.63, 3.8) is 0 Å². The highest BCUT2D eigenvalue weighted by atomic mass is 16.6. The van der Waals surface area contributed by atoms with Gasteiger partial charge in [0.15, 0.2) is 0 Å². The molecule has 2 aromatic rings. The topological polar surface area (TPSA) is 81.2 Å². The summed E-state index contributed by atoms with van der Waals surface area (Å²) < 4.78 is 0. The number of hydrogen-bond acceptors (Lipinski definition) is 4. The van der Waals surface area contributed by atoms with Crippen LogP contribution >= 0.6 is 0 Å². The Morgan fingerprint density at radius 1 is 1.12 bits per heavy atom. The lowest BCUT2D eigenvalue weighted by molar-refractivity contribution is -0.383. The Morgan fingerprint density at radius 3 is 2.47 bits per heavy atom. The molecule has 0 aliphatic carbocycles. The Kier molecular flexibility index (Phi) is 2.91. The summed E-state index contributed by atoms with van der Waals surface area (Å²) in [6, 6.07) is 13.8. The minimum absolute atomic E-state index is 0.0335. The molecule has 0 fully saturated rings. The average Bonchev–Trinajstić information content (AvgIpc) is 2.32. The van der Waals surface area contributed by atoms with Crippen LogP contribution in [0.3, 0.4) is 0 Å². The van der Waals surface area contributed by atoms with Crippen molar-refractivity contribution in [3.8, 4) is 0 Å². The summed E-state index contributed by atoms with van der Waals surface area (Å²) in [5.74, 6) is 0. The number of nitrogens with zero attached hydrogens (tertiary/aromatic N) is 1. The van der Waals surface area contributed by atoms with E-state index in [0.717, 1.165) is 5.69 Å². The van der Waals surface area contributed by atoms with Gasteiger partial charge in [0.25, 0.3) is 5.69 Å². The molecule has 0 saturated carbocycles. The molecule has 0 spiro atoms. The molecule has 2 rings (SSSR count). The molecule has 0 bridgehead atoms. The standard InChI is InChI=1S/C12H11N3O2/c13-9-6-7-11(12(8-9)15(16)17)14-10-4-2-1-3-5-10/h1-8,14H,13H2. The van der Waals surface area contributed by atoms with Crippen molar-refractivity contribution >= 4 is 22.7 Å². The highest BCUT2D eigenvalue weighted by Crippen LogP contribution is 2.29. The second-order valence-corrected chi connectivity index (χ2v) is 3.52. The molecular formula is C12H11N3O2. The number of rotatable bonds is 3. The minimum atomic E-state index is -0.457. The maximum atomic E-state index is 10.9. The summed E-state index contributed by atoms with van der Waals surface area (Å²) in [5.41, 5.74) is 7.08. The van der Waals surface area contributed by atoms with E-state index in [2.05, 4.69) is 5.32 Å². The number of nitro groups is 1. The van der Waals surface area contributed by atoms with Gasteiger partial charge in [0.05, 0.1) is 4.92 Å². The summed E-state index contributed by atoms with van der Waals surface area (Å²) in [6.45, 7) is 0. The van der Waals surface area contributed by atoms with Crippen molar-refractivity contribution in [2.45, 2.75) is 0 Å². The maximum Gasteiger partial charge on any atom is 0.294 e. The van der Waals surface area contributed by atoms with Crippen molar-refractivity contribution in [1.82, 2.24) is 0 Å². The first-order valence-electron chi connectivity index (χ1n) is 5.03. The van der Waals surface area contributed by atoms with Gasteiger partial charge in [-0.05, 0) is 24.3 Å². The zero-order valence-electron chi connectivity index (χ0n) is 8.96. The lowest BCUT2D eigenvalue weighted by Crippen LogP contribution is -1.98. The maximum absolute atomic E-state index is 10.9. The predicted octanol–water partition coefficient (Wildman–Crippen LogP) is 2.92. The second kappa shape index (κ2) is 4.52. The monoisotopic (exact) mass is 229 g/mol. The quantitative estimate of drug-likeness (QED) is 0.481. The van der Waals surface area contributed by atoms with Crippen LogP contribution in [0.5, 0.6) is 0 Å². The lowest BCUT2D eigenvalue weighted by atomic mass is 10.2. The predicted molar refractivity (Wildman–Crippen MR) is 67.2 cm³/mol. The Hall–Kier alpha value is -2.56. The molecule has 0 unspecified atom stereocenters. The third-order valence-electron chi connectivity index (χ3n) is 2.27. The van der Waals surface area contributed by atoms with E-state index >= 15 is 0 Å². The van der Waals surface area contributed by atoms with E-state index in [-0.39, 0.29) is 5.69 Å². The van der Waals surface area contributed by atoms with Crippen LogP contribution in [0.4, 0.5) is 22.7 Å². The Labute approximate surface area is 98.0 Å². The van der Waals surface area contributed by atoms with Crippen LogP contribution in [0.2, 0.25) is 0 Å². The van der Waals surface area contributed by atoms with Gasteiger partial charge in [-0.2, -0.15) is 0 Å². The van der Waals surface area contributed by atoms with Crippen LogP contribution in [0.15, 0.2) is 48.5 Å². The Morgan fingerprint density at radius 2 is 1.82 bits per heavy atom. The van der Waals surface area contributed by atoms with E-state index in [1.54, 1.807) is 12.1 Å². The average molecular weight is 229 g/mol. The zero-order valence-corrected chi connectivity index (χ0v) is 8.96. The van der Waals surface area contributed by atoms with Gasteiger partial charge in [-0.15, -0.1) is 0 Å². The van der Waals surface area contributed by atoms with Crippen molar-refractivity contribution in [1.29, 1.82) is 0 Å². The summed E-state index contributed by atoms with van der Waals surface area (Å²) in [5, 5.41) is 13.9. The summed E-state index contributed by atoms with van der Waals surface area (Å²) in [6.07, 6.45) is 0. The SMILES string of the molecule is Nc1ccc(Nc2ccccc2)c([N+](=O)[O-])c1. The van der Waals surface area contributed by atoms with Gasteiger partial charge in [0.1, 0.15) is 5.69 Å². The molecule has 0 atom stereocenters. The summed E-state index contributed by atoms with van der Waals surface area (Å²) in [7, 11) is 0. The van der Waals surface area contributed by atoms with Gasteiger partial charge in [-0.1, -0.05) is 18.2 Å². The molecule has 0 aliphatic rings. The fourth-order valence-electron chi connectivity index (χ4n) is 1.48. The van der Waals surface area contributed by atoms with Crippen LogP contribution in [0, 0.1) is 10.1 Å². The van der Waals surface area contributed by atoms with Gasteiger partial charge < -0.3 is 11.1 Å². The number of nitrogens with two attached hydrogens (primary N) is 1. The highest BCUT2D eigenvalue weighted by Gasteiger charge is 2.13. The normalized spacial score (nSPS) is 9.88. The molecule has 0 saturated heterocycles. The van der Waals surface area contributed by atoms with Crippen molar-refractivity contribution in [3.05, 3.63) is 58.6 Å². The van der Waals surface area contributed by atoms with Crippen LogP contribution < -0.4 is 11.1 Å².